The third-order valence-corrected chi connectivity index (χ3v) is 5.33. The van der Waals surface area contributed by atoms with E-state index in [-0.39, 0.29) is 6.04 Å². The first-order chi connectivity index (χ1) is 10.1. The predicted octanol–water partition coefficient (Wildman–Crippen LogP) is 4.77. The number of ether oxygens (including phenoxy) is 1. The first kappa shape index (κ1) is 16.7. The standard InChI is InChI=1S/C16H17BrClNOS/c1-20-15-7-6-11(9-13(15)17)8-12(19)10-21-16-5-3-2-4-14(16)18/h2-7,9,12H,8,10,19H2,1H3. The van der Waals surface area contributed by atoms with Gasteiger partial charge in [0.25, 0.3) is 0 Å². The Morgan fingerprint density at radius 3 is 2.71 bits per heavy atom. The fourth-order valence-corrected chi connectivity index (χ4v) is 3.74. The van der Waals surface area contributed by atoms with Crippen molar-refractivity contribution in [3.63, 3.8) is 0 Å². The molecule has 0 aromatic heterocycles. The summed E-state index contributed by atoms with van der Waals surface area (Å²) in [5.74, 6) is 1.66. The first-order valence-electron chi connectivity index (χ1n) is 6.55. The highest BCUT2D eigenvalue weighted by Crippen LogP contribution is 2.28. The van der Waals surface area contributed by atoms with Crippen molar-refractivity contribution in [3.8, 4) is 5.75 Å². The Bertz CT molecular complexity index is 609. The van der Waals surface area contributed by atoms with E-state index in [0.717, 1.165) is 32.3 Å². The molecule has 21 heavy (non-hydrogen) atoms. The molecule has 0 aliphatic heterocycles. The van der Waals surface area contributed by atoms with Gasteiger partial charge in [-0.2, -0.15) is 0 Å². The molecule has 0 bridgehead atoms. The molecule has 0 saturated carbocycles. The maximum atomic E-state index is 6.21. The highest BCUT2D eigenvalue weighted by molar-refractivity contribution is 9.10. The van der Waals surface area contributed by atoms with E-state index in [1.165, 1.54) is 5.56 Å². The minimum absolute atomic E-state index is 0.0755. The maximum Gasteiger partial charge on any atom is 0.133 e. The van der Waals surface area contributed by atoms with Crippen LogP contribution in [0.2, 0.25) is 5.02 Å². The maximum absolute atomic E-state index is 6.21. The van der Waals surface area contributed by atoms with E-state index in [9.17, 15) is 0 Å². The summed E-state index contributed by atoms with van der Waals surface area (Å²) in [7, 11) is 1.66. The number of benzene rings is 2. The lowest BCUT2D eigenvalue weighted by Crippen LogP contribution is -2.25. The van der Waals surface area contributed by atoms with Gasteiger partial charge in [0.1, 0.15) is 5.75 Å². The quantitative estimate of drug-likeness (QED) is 0.726. The van der Waals surface area contributed by atoms with Gasteiger partial charge in [0.15, 0.2) is 0 Å². The molecule has 2 nitrogen and oxygen atoms in total. The molecule has 2 rings (SSSR count). The van der Waals surface area contributed by atoms with Crippen molar-refractivity contribution in [2.45, 2.75) is 17.4 Å². The molecule has 0 spiro atoms. The Morgan fingerprint density at radius 2 is 2.05 bits per heavy atom. The average molecular weight is 387 g/mol. The van der Waals surface area contributed by atoms with Gasteiger partial charge in [-0.1, -0.05) is 29.8 Å². The molecular formula is C16H17BrClNOS. The highest BCUT2D eigenvalue weighted by atomic mass is 79.9. The van der Waals surface area contributed by atoms with Gasteiger partial charge in [0.05, 0.1) is 16.6 Å². The fraction of sp³-hybridized carbons (Fsp3) is 0.250. The zero-order chi connectivity index (χ0) is 15.2. The second-order valence-corrected chi connectivity index (χ2v) is 7.00. The van der Waals surface area contributed by atoms with Crippen LogP contribution in [-0.2, 0) is 6.42 Å². The van der Waals surface area contributed by atoms with E-state index < -0.39 is 0 Å². The molecule has 1 unspecified atom stereocenters. The van der Waals surface area contributed by atoms with Crippen LogP contribution in [0.4, 0.5) is 0 Å². The lowest BCUT2D eigenvalue weighted by Gasteiger charge is -2.13. The number of hydrogen-bond donors (Lipinski definition) is 1. The van der Waals surface area contributed by atoms with Crippen LogP contribution < -0.4 is 10.5 Å². The molecule has 0 radical (unpaired) electrons. The van der Waals surface area contributed by atoms with Crippen molar-refractivity contribution in [2.75, 3.05) is 12.9 Å². The molecule has 0 fully saturated rings. The summed E-state index contributed by atoms with van der Waals surface area (Å²) in [5.41, 5.74) is 7.40. The van der Waals surface area contributed by atoms with Crippen molar-refractivity contribution >= 4 is 39.3 Å². The van der Waals surface area contributed by atoms with Crippen LogP contribution in [0.3, 0.4) is 0 Å². The molecule has 2 N–H and O–H groups in total. The van der Waals surface area contributed by atoms with Crippen molar-refractivity contribution in [2.24, 2.45) is 5.73 Å². The molecule has 5 heteroatoms. The summed E-state index contributed by atoms with van der Waals surface area (Å²) < 4.78 is 6.18. The molecule has 0 heterocycles. The van der Waals surface area contributed by atoms with E-state index in [4.69, 9.17) is 22.1 Å². The van der Waals surface area contributed by atoms with Gasteiger partial charge in [-0.25, -0.2) is 0 Å². The summed E-state index contributed by atoms with van der Waals surface area (Å²) in [6.45, 7) is 0. The molecule has 0 saturated heterocycles. The van der Waals surface area contributed by atoms with E-state index in [1.807, 2.05) is 36.4 Å². The molecule has 112 valence electrons. The lowest BCUT2D eigenvalue weighted by molar-refractivity contribution is 0.412. The number of rotatable bonds is 6. The van der Waals surface area contributed by atoms with Crippen LogP contribution in [-0.4, -0.2) is 18.9 Å². The van der Waals surface area contributed by atoms with Crippen LogP contribution in [0.5, 0.6) is 5.75 Å². The topological polar surface area (TPSA) is 35.2 Å². The van der Waals surface area contributed by atoms with Crippen LogP contribution >= 0.6 is 39.3 Å². The minimum atomic E-state index is 0.0755. The van der Waals surface area contributed by atoms with Gasteiger partial charge in [0, 0.05) is 16.7 Å². The van der Waals surface area contributed by atoms with Gasteiger partial charge in [-0.15, -0.1) is 11.8 Å². The van der Waals surface area contributed by atoms with Gasteiger partial charge in [0.2, 0.25) is 0 Å². The zero-order valence-corrected chi connectivity index (χ0v) is 14.8. The van der Waals surface area contributed by atoms with E-state index in [0.29, 0.717) is 0 Å². The number of methoxy groups -OCH3 is 1. The highest BCUT2D eigenvalue weighted by Gasteiger charge is 2.09. The van der Waals surface area contributed by atoms with Crippen molar-refractivity contribution in [1.29, 1.82) is 0 Å². The Balaban J connectivity index is 1.91. The predicted molar refractivity (Wildman–Crippen MR) is 94.5 cm³/mol. The largest absolute Gasteiger partial charge is 0.496 e. The number of halogens is 2. The van der Waals surface area contributed by atoms with Gasteiger partial charge >= 0.3 is 0 Å². The smallest absolute Gasteiger partial charge is 0.133 e. The average Bonchev–Trinajstić information content (AvgIpc) is 2.46. The molecule has 0 aliphatic rings. The Morgan fingerprint density at radius 1 is 1.29 bits per heavy atom. The van der Waals surface area contributed by atoms with Crippen molar-refractivity contribution in [1.82, 2.24) is 0 Å². The van der Waals surface area contributed by atoms with Crippen LogP contribution in [0.25, 0.3) is 0 Å². The Labute approximate surface area is 143 Å². The lowest BCUT2D eigenvalue weighted by atomic mass is 10.1. The summed E-state index contributed by atoms with van der Waals surface area (Å²) in [6, 6.07) is 14.0. The van der Waals surface area contributed by atoms with Crippen molar-refractivity contribution in [3.05, 3.63) is 57.5 Å². The zero-order valence-electron chi connectivity index (χ0n) is 11.7. The van der Waals surface area contributed by atoms with Gasteiger partial charge < -0.3 is 10.5 Å². The third-order valence-electron chi connectivity index (χ3n) is 3.00. The molecule has 2 aromatic rings. The summed E-state index contributed by atoms with van der Waals surface area (Å²) in [6.07, 6.45) is 0.819. The molecular weight excluding hydrogens is 370 g/mol. The van der Waals surface area contributed by atoms with Crippen LogP contribution in [0, 0.1) is 0 Å². The molecule has 1 atom stereocenters. The first-order valence-corrected chi connectivity index (χ1v) is 8.71. The third kappa shape index (κ3) is 4.92. The van der Waals surface area contributed by atoms with Gasteiger partial charge in [-0.3, -0.25) is 0 Å². The van der Waals surface area contributed by atoms with Gasteiger partial charge in [-0.05, 0) is 52.2 Å². The Hall–Kier alpha value is -0.680. The SMILES string of the molecule is COc1ccc(CC(N)CSc2ccccc2Cl)cc1Br. The van der Waals surface area contributed by atoms with Crippen molar-refractivity contribution < 1.29 is 4.74 Å². The van der Waals surface area contributed by atoms with Crippen LogP contribution in [0.1, 0.15) is 5.56 Å². The molecule has 0 amide bonds. The summed E-state index contributed by atoms with van der Waals surface area (Å²) in [5, 5.41) is 0.780. The minimum Gasteiger partial charge on any atom is -0.496 e. The Kier molecular flexibility index (Phi) is 6.42. The molecule has 2 aromatic carbocycles. The second kappa shape index (κ2) is 8.08. The van der Waals surface area contributed by atoms with Crippen LogP contribution in [0.15, 0.2) is 51.8 Å². The second-order valence-electron chi connectivity index (χ2n) is 4.67. The number of thioether (sulfide) groups is 1. The fourth-order valence-electron chi connectivity index (χ4n) is 1.96. The summed E-state index contributed by atoms with van der Waals surface area (Å²) >= 11 is 11.3. The molecule has 0 aliphatic carbocycles. The van der Waals surface area contributed by atoms with E-state index in [1.54, 1.807) is 18.9 Å². The van der Waals surface area contributed by atoms with E-state index in [2.05, 4.69) is 22.0 Å². The summed E-state index contributed by atoms with van der Waals surface area (Å²) in [4.78, 5) is 1.07. The normalized spacial score (nSPS) is 12.2. The number of nitrogens with two attached hydrogens (primary N) is 1. The monoisotopic (exact) mass is 385 g/mol. The van der Waals surface area contributed by atoms with E-state index >= 15 is 0 Å². The number of hydrogen-bond acceptors (Lipinski definition) is 3.